The molecule has 1 aliphatic heterocycles. The van der Waals surface area contributed by atoms with Crippen LogP contribution in [-0.2, 0) is 16.6 Å². The summed E-state index contributed by atoms with van der Waals surface area (Å²) in [5.41, 5.74) is 0.423. The summed E-state index contributed by atoms with van der Waals surface area (Å²) in [5.74, 6) is -1.77. The van der Waals surface area contributed by atoms with Crippen LogP contribution in [0.5, 0.6) is 0 Å². The van der Waals surface area contributed by atoms with Crippen molar-refractivity contribution in [3.63, 3.8) is 0 Å². The predicted octanol–water partition coefficient (Wildman–Crippen LogP) is 4.20. The van der Waals surface area contributed by atoms with Gasteiger partial charge in [0.2, 0.25) is 10.0 Å². The molecule has 2 N–H and O–H groups in total. The van der Waals surface area contributed by atoms with Crippen LogP contribution in [-0.4, -0.2) is 27.4 Å². The van der Waals surface area contributed by atoms with Crippen molar-refractivity contribution in [2.75, 3.05) is 23.3 Å². The van der Waals surface area contributed by atoms with Gasteiger partial charge in [-0.15, -0.1) is 0 Å². The summed E-state index contributed by atoms with van der Waals surface area (Å²) in [6, 6.07) is 9.49. The van der Waals surface area contributed by atoms with Crippen LogP contribution in [0.25, 0.3) is 0 Å². The highest BCUT2D eigenvalue weighted by molar-refractivity contribution is 7.89. The number of hydrogen-bond acceptors (Lipinski definition) is 5. The number of sulfonamides is 1. The van der Waals surface area contributed by atoms with Crippen molar-refractivity contribution >= 4 is 27.3 Å². The van der Waals surface area contributed by atoms with Crippen LogP contribution in [0.1, 0.15) is 34.5 Å². The molecule has 33 heavy (non-hydrogen) atoms. The van der Waals surface area contributed by atoms with E-state index in [1.165, 1.54) is 24.5 Å². The molecule has 2 aromatic carbocycles. The first-order valence-corrected chi connectivity index (χ1v) is 11.9. The molecule has 0 atom stereocenters. The first kappa shape index (κ1) is 22.9. The van der Waals surface area contributed by atoms with E-state index in [4.69, 9.17) is 4.42 Å². The molecule has 4 rings (SSSR count). The largest absolute Gasteiger partial charge is 0.468 e. The van der Waals surface area contributed by atoms with Crippen molar-refractivity contribution in [2.24, 2.45) is 0 Å². The summed E-state index contributed by atoms with van der Waals surface area (Å²) in [4.78, 5) is 14.4. The standard InChI is InChI=1S/C23H23F2N3O4S/c1-15-6-7-18(33(30,31)26-14-17-5-4-10-32-17)13-19(15)23(29)27-16-11-20(24)22(21(25)12-16)28-8-2-3-9-28/h4-7,10-13,26H,2-3,8-9,14H2,1H3,(H,27,29). The highest BCUT2D eigenvalue weighted by Gasteiger charge is 2.23. The summed E-state index contributed by atoms with van der Waals surface area (Å²) in [6.07, 6.45) is 3.17. The number of aryl methyl sites for hydroxylation is 1. The molecule has 7 nitrogen and oxygen atoms in total. The topological polar surface area (TPSA) is 91.6 Å². The van der Waals surface area contributed by atoms with E-state index in [-0.39, 0.29) is 28.4 Å². The maximum atomic E-state index is 14.6. The number of anilines is 2. The van der Waals surface area contributed by atoms with Crippen LogP contribution in [0.2, 0.25) is 0 Å². The number of carbonyl (C=O) groups excluding carboxylic acids is 1. The first-order chi connectivity index (χ1) is 15.7. The van der Waals surface area contributed by atoms with Crippen LogP contribution in [0.4, 0.5) is 20.2 Å². The van der Waals surface area contributed by atoms with E-state index in [0.29, 0.717) is 24.4 Å². The first-order valence-electron chi connectivity index (χ1n) is 10.4. The smallest absolute Gasteiger partial charge is 0.255 e. The average molecular weight is 476 g/mol. The number of nitrogens with zero attached hydrogens (tertiary/aromatic N) is 1. The Kier molecular flexibility index (Phi) is 6.48. The van der Waals surface area contributed by atoms with E-state index in [1.807, 2.05) is 0 Å². The fourth-order valence-corrected chi connectivity index (χ4v) is 4.77. The predicted molar refractivity (Wildman–Crippen MR) is 120 cm³/mol. The zero-order valence-corrected chi connectivity index (χ0v) is 18.7. The number of carbonyl (C=O) groups is 1. The van der Waals surface area contributed by atoms with E-state index in [2.05, 4.69) is 10.0 Å². The average Bonchev–Trinajstić information content (AvgIpc) is 3.46. The number of hydrogen-bond donors (Lipinski definition) is 2. The van der Waals surface area contributed by atoms with E-state index in [0.717, 1.165) is 25.0 Å². The zero-order chi connectivity index (χ0) is 23.6. The number of furan rings is 1. The molecule has 1 aromatic heterocycles. The quantitative estimate of drug-likeness (QED) is 0.535. The van der Waals surface area contributed by atoms with Gasteiger partial charge in [0, 0.05) is 24.3 Å². The molecule has 0 aliphatic carbocycles. The van der Waals surface area contributed by atoms with Crippen LogP contribution < -0.4 is 14.9 Å². The zero-order valence-electron chi connectivity index (χ0n) is 17.9. The lowest BCUT2D eigenvalue weighted by molar-refractivity contribution is 0.102. The van der Waals surface area contributed by atoms with Crippen molar-refractivity contribution in [3.8, 4) is 0 Å². The Balaban J connectivity index is 1.53. The number of halogens is 2. The highest BCUT2D eigenvalue weighted by atomic mass is 32.2. The van der Waals surface area contributed by atoms with Gasteiger partial charge in [-0.1, -0.05) is 6.07 Å². The summed E-state index contributed by atoms with van der Waals surface area (Å²) < 4.78 is 62.0. The maximum Gasteiger partial charge on any atom is 0.255 e. The Hall–Kier alpha value is -3.24. The summed E-state index contributed by atoms with van der Waals surface area (Å²) >= 11 is 0. The Labute approximate surface area is 190 Å². The second kappa shape index (κ2) is 9.32. The molecular weight excluding hydrogens is 452 g/mol. The van der Waals surface area contributed by atoms with Gasteiger partial charge in [-0.3, -0.25) is 4.79 Å². The second-order valence-corrected chi connectivity index (χ2v) is 9.58. The SMILES string of the molecule is Cc1ccc(S(=O)(=O)NCc2ccco2)cc1C(=O)Nc1cc(F)c(N2CCCC2)c(F)c1. The summed E-state index contributed by atoms with van der Waals surface area (Å²) in [5, 5.41) is 2.46. The molecule has 174 valence electrons. The highest BCUT2D eigenvalue weighted by Crippen LogP contribution is 2.30. The molecule has 10 heteroatoms. The third kappa shape index (κ3) is 5.07. The van der Waals surface area contributed by atoms with Gasteiger partial charge < -0.3 is 14.6 Å². The monoisotopic (exact) mass is 475 g/mol. The second-order valence-electron chi connectivity index (χ2n) is 7.82. The van der Waals surface area contributed by atoms with Gasteiger partial charge in [0.05, 0.1) is 17.7 Å². The molecule has 0 spiro atoms. The fourth-order valence-electron chi connectivity index (χ4n) is 3.75. The minimum atomic E-state index is -3.93. The lowest BCUT2D eigenvalue weighted by atomic mass is 10.1. The molecule has 0 unspecified atom stereocenters. The molecule has 0 bridgehead atoms. The summed E-state index contributed by atoms with van der Waals surface area (Å²) in [7, 11) is -3.93. The van der Waals surface area contributed by atoms with Gasteiger partial charge in [0.25, 0.3) is 5.91 Å². The number of rotatable bonds is 7. The molecule has 0 saturated carbocycles. The molecule has 1 amide bonds. The molecule has 3 aromatic rings. The normalized spacial score (nSPS) is 14.0. The van der Waals surface area contributed by atoms with Gasteiger partial charge in [-0.25, -0.2) is 21.9 Å². The Morgan fingerprint density at radius 3 is 2.42 bits per heavy atom. The number of amides is 1. The molecule has 2 heterocycles. The van der Waals surface area contributed by atoms with Crippen LogP contribution in [0.3, 0.4) is 0 Å². The van der Waals surface area contributed by atoms with Gasteiger partial charge in [0.1, 0.15) is 11.4 Å². The van der Waals surface area contributed by atoms with E-state index in [9.17, 15) is 22.0 Å². The van der Waals surface area contributed by atoms with Gasteiger partial charge in [-0.2, -0.15) is 0 Å². The molecule has 1 saturated heterocycles. The van der Waals surface area contributed by atoms with Crippen molar-refractivity contribution in [3.05, 3.63) is 77.2 Å². The minimum absolute atomic E-state index is 0.0489. The van der Waals surface area contributed by atoms with Crippen LogP contribution in [0, 0.1) is 18.6 Å². The van der Waals surface area contributed by atoms with Crippen molar-refractivity contribution in [1.29, 1.82) is 0 Å². The third-order valence-electron chi connectivity index (χ3n) is 5.48. The van der Waals surface area contributed by atoms with Gasteiger partial charge >= 0.3 is 0 Å². The molecule has 0 radical (unpaired) electrons. The van der Waals surface area contributed by atoms with Gasteiger partial charge in [-0.05, 0) is 61.7 Å². The van der Waals surface area contributed by atoms with E-state index >= 15 is 0 Å². The Morgan fingerprint density at radius 2 is 1.79 bits per heavy atom. The minimum Gasteiger partial charge on any atom is -0.468 e. The van der Waals surface area contributed by atoms with Crippen LogP contribution >= 0.6 is 0 Å². The van der Waals surface area contributed by atoms with Crippen molar-refractivity contribution in [1.82, 2.24) is 4.72 Å². The Morgan fingerprint density at radius 1 is 1.09 bits per heavy atom. The van der Waals surface area contributed by atoms with E-state index < -0.39 is 27.6 Å². The molecule has 1 fully saturated rings. The number of benzene rings is 2. The maximum absolute atomic E-state index is 14.6. The molecule has 1 aliphatic rings. The fraction of sp³-hybridized carbons (Fsp3) is 0.261. The Bertz CT molecular complexity index is 1250. The lowest BCUT2D eigenvalue weighted by Gasteiger charge is -2.20. The van der Waals surface area contributed by atoms with Gasteiger partial charge in [0.15, 0.2) is 11.6 Å². The molecular formula is C23H23F2N3O4S. The van der Waals surface area contributed by atoms with E-state index in [1.54, 1.807) is 24.0 Å². The van der Waals surface area contributed by atoms with Crippen LogP contribution in [0.15, 0.2) is 58.0 Å². The third-order valence-corrected chi connectivity index (χ3v) is 6.88. The van der Waals surface area contributed by atoms with Crippen molar-refractivity contribution < 1.29 is 26.4 Å². The number of nitrogens with one attached hydrogen (secondary N) is 2. The van der Waals surface area contributed by atoms with Crippen molar-refractivity contribution in [2.45, 2.75) is 31.2 Å². The summed E-state index contributed by atoms with van der Waals surface area (Å²) in [6.45, 7) is 2.74. The lowest BCUT2D eigenvalue weighted by Crippen LogP contribution is -2.24.